The molecule has 1 N–H and O–H groups in total. The molecular weight excluding hydrogens is 264 g/mol. The Labute approximate surface area is 125 Å². The molecule has 0 radical (unpaired) electrons. The van der Waals surface area contributed by atoms with E-state index in [0.717, 1.165) is 50.5 Å². The van der Waals surface area contributed by atoms with E-state index in [1.165, 1.54) is 18.5 Å². The van der Waals surface area contributed by atoms with Crippen molar-refractivity contribution in [3.63, 3.8) is 0 Å². The number of aromatic nitrogens is 2. The van der Waals surface area contributed by atoms with E-state index < -0.39 is 0 Å². The summed E-state index contributed by atoms with van der Waals surface area (Å²) in [5.74, 6) is 2.84. The molecule has 0 bridgehead atoms. The lowest BCUT2D eigenvalue weighted by Gasteiger charge is -2.38. The third-order valence-electron chi connectivity index (χ3n) is 5.26. The minimum absolute atomic E-state index is 0.0993. The lowest BCUT2D eigenvalue weighted by molar-refractivity contribution is -0.128. The molecule has 2 aliphatic heterocycles. The number of carbonyl (C=O) groups excluding carboxylic acids is 1. The van der Waals surface area contributed by atoms with Crippen LogP contribution in [0, 0.1) is 12.3 Å². The molecule has 1 aromatic heterocycles. The van der Waals surface area contributed by atoms with E-state index in [0.29, 0.717) is 5.92 Å². The van der Waals surface area contributed by atoms with Crippen LogP contribution in [0.5, 0.6) is 0 Å². The predicted octanol–water partition coefficient (Wildman–Crippen LogP) is 1.77. The molecule has 21 heavy (non-hydrogen) atoms. The summed E-state index contributed by atoms with van der Waals surface area (Å²) < 4.78 is 0. The van der Waals surface area contributed by atoms with Gasteiger partial charge in [-0.15, -0.1) is 0 Å². The highest BCUT2D eigenvalue weighted by molar-refractivity contribution is 5.85. The zero-order valence-electron chi connectivity index (χ0n) is 12.6. The first-order chi connectivity index (χ1) is 10.2. The van der Waals surface area contributed by atoms with Crippen LogP contribution in [-0.4, -0.2) is 35.5 Å². The van der Waals surface area contributed by atoms with E-state index in [1.807, 2.05) is 6.92 Å². The van der Waals surface area contributed by atoms with Gasteiger partial charge in [0.15, 0.2) is 0 Å². The van der Waals surface area contributed by atoms with Gasteiger partial charge in [-0.05, 0) is 39.0 Å². The fraction of sp³-hybridized carbons (Fsp3) is 0.688. The van der Waals surface area contributed by atoms with Crippen molar-refractivity contribution in [2.75, 3.05) is 24.5 Å². The van der Waals surface area contributed by atoms with Crippen LogP contribution in [0.25, 0.3) is 0 Å². The predicted molar refractivity (Wildman–Crippen MR) is 80.3 cm³/mol. The average molecular weight is 286 g/mol. The summed E-state index contributed by atoms with van der Waals surface area (Å²) in [5.41, 5.74) is 1.11. The maximum atomic E-state index is 12.0. The van der Waals surface area contributed by atoms with Gasteiger partial charge in [0.2, 0.25) is 5.91 Å². The first-order valence-electron chi connectivity index (χ1n) is 8.05. The van der Waals surface area contributed by atoms with Gasteiger partial charge in [-0.2, -0.15) is 0 Å². The Hall–Kier alpha value is -1.65. The molecule has 0 unspecified atom stereocenters. The number of carbonyl (C=O) groups is 1. The molecule has 3 heterocycles. The fourth-order valence-electron chi connectivity index (χ4n) is 3.68. The molecule has 112 valence electrons. The maximum absolute atomic E-state index is 12.0. The van der Waals surface area contributed by atoms with E-state index in [-0.39, 0.29) is 11.3 Å². The van der Waals surface area contributed by atoms with Crippen LogP contribution >= 0.6 is 0 Å². The second-order valence-electron chi connectivity index (χ2n) is 6.75. The maximum Gasteiger partial charge on any atom is 0.226 e. The van der Waals surface area contributed by atoms with Crippen LogP contribution in [0.2, 0.25) is 0 Å². The summed E-state index contributed by atoms with van der Waals surface area (Å²) in [6.07, 6.45) is 5.41. The fourth-order valence-corrected chi connectivity index (χ4v) is 3.68. The first-order valence-corrected chi connectivity index (χ1v) is 8.05. The summed E-state index contributed by atoms with van der Waals surface area (Å²) in [5, 5.41) is 2.99. The van der Waals surface area contributed by atoms with Crippen molar-refractivity contribution in [2.45, 2.75) is 44.9 Å². The van der Waals surface area contributed by atoms with Crippen molar-refractivity contribution in [2.24, 2.45) is 5.41 Å². The number of amides is 1. The van der Waals surface area contributed by atoms with E-state index in [1.54, 1.807) is 0 Å². The number of piperidine rings is 1. The van der Waals surface area contributed by atoms with Gasteiger partial charge in [-0.1, -0.05) is 0 Å². The van der Waals surface area contributed by atoms with E-state index in [2.05, 4.69) is 26.3 Å². The Balaban J connectivity index is 1.52. The number of hydrogen-bond acceptors (Lipinski definition) is 4. The van der Waals surface area contributed by atoms with Gasteiger partial charge in [0.1, 0.15) is 11.6 Å². The number of nitrogens with zero attached hydrogens (tertiary/aromatic N) is 3. The van der Waals surface area contributed by atoms with Gasteiger partial charge in [-0.3, -0.25) is 4.79 Å². The molecule has 0 atom stereocenters. The molecular formula is C16H22N4O. The topological polar surface area (TPSA) is 58.1 Å². The second-order valence-corrected chi connectivity index (χ2v) is 6.75. The normalized spacial score (nSPS) is 24.4. The standard InChI is InChI=1S/C16H22N4O/c1-11-18-13(12-2-3-12)10-14(19-11)20-8-5-16(6-9-20)4-7-17-15(16)21/h10,12H,2-9H2,1H3,(H,17,21). The van der Waals surface area contributed by atoms with Crippen molar-refractivity contribution >= 4 is 11.7 Å². The van der Waals surface area contributed by atoms with Gasteiger partial charge in [0, 0.05) is 37.3 Å². The Morgan fingerprint density at radius 1 is 1.24 bits per heavy atom. The molecule has 3 aliphatic rings. The number of hydrogen-bond donors (Lipinski definition) is 1. The minimum Gasteiger partial charge on any atom is -0.356 e. The molecule has 1 aromatic rings. The molecule has 4 rings (SSSR count). The van der Waals surface area contributed by atoms with Crippen LogP contribution in [0.3, 0.4) is 0 Å². The van der Waals surface area contributed by atoms with Gasteiger partial charge in [-0.25, -0.2) is 9.97 Å². The number of anilines is 1. The van der Waals surface area contributed by atoms with Crippen molar-refractivity contribution in [1.82, 2.24) is 15.3 Å². The Morgan fingerprint density at radius 2 is 2.00 bits per heavy atom. The number of nitrogens with one attached hydrogen (secondary N) is 1. The lowest BCUT2D eigenvalue weighted by atomic mass is 9.77. The zero-order chi connectivity index (χ0) is 14.4. The third-order valence-corrected chi connectivity index (χ3v) is 5.26. The largest absolute Gasteiger partial charge is 0.356 e. The Bertz CT molecular complexity index is 574. The molecule has 5 nitrogen and oxygen atoms in total. The molecule has 5 heteroatoms. The van der Waals surface area contributed by atoms with Crippen LogP contribution in [-0.2, 0) is 4.79 Å². The highest BCUT2D eigenvalue weighted by atomic mass is 16.2. The zero-order valence-corrected chi connectivity index (χ0v) is 12.6. The van der Waals surface area contributed by atoms with Crippen LogP contribution in [0.4, 0.5) is 5.82 Å². The van der Waals surface area contributed by atoms with Crippen molar-refractivity contribution in [3.8, 4) is 0 Å². The monoisotopic (exact) mass is 286 g/mol. The quantitative estimate of drug-likeness (QED) is 0.900. The first kappa shape index (κ1) is 13.0. The third kappa shape index (κ3) is 2.28. The molecule has 3 fully saturated rings. The highest BCUT2D eigenvalue weighted by Crippen LogP contribution is 2.41. The highest BCUT2D eigenvalue weighted by Gasteiger charge is 2.44. The lowest BCUT2D eigenvalue weighted by Crippen LogP contribution is -2.44. The average Bonchev–Trinajstić information content (AvgIpc) is 3.27. The molecule has 1 amide bonds. The summed E-state index contributed by atoms with van der Waals surface area (Å²) in [7, 11) is 0. The summed E-state index contributed by atoms with van der Waals surface area (Å²) in [6, 6.07) is 2.16. The second kappa shape index (κ2) is 4.68. The Kier molecular flexibility index (Phi) is 2.91. The van der Waals surface area contributed by atoms with Crippen LogP contribution in [0.15, 0.2) is 6.07 Å². The van der Waals surface area contributed by atoms with Crippen molar-refractivity contribution in [1.29, 1.82) is 0 Å². The van der Waals surface area contributed by atoms with Gasteiger partial charge >= 0.3 is 0 Å². The minimum atomic E-state index is -0.0993. The smallest absolute Gasteiger partial charge is 0.226 e. The summed E-state index contributed by atoms with van der Waals surface area (Å²) in [4.78, 5) is 23.6. The van der Waals surface area contributed by atoms with Gasteiger partial charge in [0.25, 0.3) is 0 Å². The van der Waals surface area contributed by atoms with Gasteiger partial charge < -0.3 is 10.2 Å². The molecule has 1 spiro atoms. The van der Waals surface area contributed by atoms with Crippen LogP contribution in [0.1, 0.15) is 49.5 Å². The van der Waals surface area contributed by atoms with Gasteiger partial charge in [0.05, 0.1) is 5.41 Å². The molecule has 1 saturated carbocycles. The Morgan fingerprint density at radius 3 is 2.62 bits per heavy atom. The van der Waals surface area contributed by atoms with E-state index in [4.69, 9.17) is 0 Å². The summed E-state index contributed by atoms with van der Waals surface area (Å²) in [6.45, 7) is 4.67. The number of rotatable bonds is 2. The summed E-state index contributed by atoms with van der Waals surface area (Å²) >= 11 is 0. The van der Waals surface area contributed by atoms with Crippen molar-refractivity contribution in [3.05, 3.63) is 17.6 Å². The molecule has 2 saturated heterocycles. The molecule has 1 aliphatic carbocycles. The molecule has 0 aromatic carbocycles. The number of aryl methyl sites for hydroxylation is 1. The van der Waals surface area contributed by atoms with E-state index >= 15 is 0 Å². The van der Waals surface area contributed by atoms with Crippen LogP contribution < -0.4 is 10.2 Å². The van der Waals surface area contributed by atoms with Crippen molar-refractivity contribution < 1.29 is 4.79 Å². The SMILES string of the molecule is Cc1nc(C2CC2)cc(N2CCC3(CCNC3=O)CC2)n1. The van der Waals surface area contributed by atoms with E-state index in [9.17, 15) is 4.79 Å².